The van der Waals surface area contributed by atoms with Crippen LogP contribution in [0.2, 0.25) is 5.02 Å². The lowest BCUT2D eigenvalue weighted by atomic mass is 10.1. The van der Waals surface area contributed by atoms with E-state index in [0.29, 0.717) is 16.2 Å². The van der Waals surface area contributed by atoms with Crippen LogP contribution in [0.25, 0.3) is 10.2 Å². The van der Waals surface area contributed by atoms with Gasteiger partial charge in [0.15, 0.2) is 0 Å². The van der Waals surface area contributed by atoms with Crippen molar-refractivity contribution in [1.29, 1.82) is 0 Å². The second-order valence-electron chi connectivity index (χ2n) is 4.50. The van der Waals surface area contributed by atoms with Crippen molar-refractivity contribution in [1.82, 2.24) is 4.98 Å². The Hall–Kier alpha value is -1.95. The van der Waals surface area contributed by atoms with Crippen LogP contribution in [0.4, 0.5) is 5.69 Å². The zero-order valence-corrected chi connectivity index (χ0v) is 12.5. The van der Waals surface area contributed by atoms with Crippen molar-refractivity contribution in [3.63, 3.8) is 0 Å². The number of hydrogen-bond donors (Lipinski definition) is 2. The van der Waals surface area contributed by atoms with Crippen LogP contribution in [-0.4, -0.2) is 10.9 Å². The molecule has 1 amide bonds. The third-order valence-corrected chi connectivity index (χ3v) is 4.25. The van der Waals surface area contributed by atoms with Crippen LogP contribution in [0.1, 0.15) is 11.6 Å². The molecule has 1 atom stereocenters. The summed E-state index contributed by atoms with van der Waals surface area (Å²) in [5.41, 5.74) is 9.63. The van der Waals surface area contributed by atoms with E-state index < -0.39 is 6.04 Å². The van der Waals surface area contributed by atoms with Gasteiger partial charge in [-0.05, 0) is 17.7 Å². The smallest absolute Gasteiger partial charge is 0.245 e. The zero-order chi connectivity index (χ0) is 14.8. The van der Waals surface area contributed by atoms with Gasteiger partial charge in [-0.3, -0.25) is 4.79 Å². The summed E-state index contributed by atoms with van der Waals surface area (Å²) in [7, 11) is 0. The molecule has 0 aliphatic heterocycles. The molecule has 1 unspecified atom stereocenters. The Kier molecular flexibility index (Phi) is 3.88. The van der Waals surface area contributed by atoms with Crippen molar-refractivity contribution in [3.8, 4) is 0 Å². The van der Waals surface area contributed by atoms with Gasteiger partial charge < -0.3 is 11.1 Å². The van der Waals surface area contributed by atoms with Crippen molar-refractivity contribution in [2.75, 3.05) is 5.32 Å². The van der Waals surface area contributed by atoms with Crippen molar-refractivity contribution in [3.05, 3.63) is 58.6 Å². The molecule has 6 heteroatoms. The van der Waals surface area contributed by atoms with E-state index in [4.69, 9.17) is 17.3 Å². The lowest BCUT2D eigenvalue weighted by molar-refractivity contribution is -0.117. The number of nitrogens with one attached hydrogen (secondary N) is 1. The van der Waals surface area contributed by atoms with Crippen LogP contribution in [-0.2, 0) is 4.79 Å². The topological polar surface area (TPSA) is 68.0 Å². The minimum Gasteiger partial charge on any atom is -0.321 e. The van der Waals surface area contributed by atoms with Gasteiger partial charge in [-0.2, -0.15) is 0 Å². The van der Waals surface area contributed by atoms with E-state index in [0.717, 1.165) is 10.3 Å². The summed E-state index contributed by atoms with van der Waals surface area (Å²) in [6.45, 7) is 0. The summed E-state index contributed by atoms with van der Waals surface area (Å²) < 4.78 is 0.961. The van der Waals surface area contributed by atoms with Gasteiger partial charge >= 0.3 is 0 Å². The van der Waals surface area contributed by atoms with Crippen LogP contribution in [0.3, 0.4) is 0 Å². The zero-order valence-electron chi connectivity index (χ0n) is 10.9. The Balaban J connectivity index is 1.90. The molecule has 3 aromatic rings. The average molecular weight is 318 g/mol. The highest BCUT2D eigenvalue weighted by molar-refractivity contribution is 7.16. The number of benzene rings is 2. The fourth-order valence-electron chi connectivity index (χ4n) is 2.04. The van der Waals surface area contributed by atoms with Crippen LogP contribution >= 0.6 is 22.9 Å². The molecule has 0 aliphatic rings. The molecular formula is C15H12ClN3OS. The molecular weight excluding hydrogens is 306 g/mol. The second kappa shape index (κ2) is 5.81. The molecule has 3 rings (SSSR count). The molecule has 0 saturated heterocycles. The lowest BCUT2D eigenvalue weighted by Crippen LogP contribution is -2.27. The van der Waals surface area contributed by atoms with Gasteiger partial charge in [0.05, 0.1) is 20.9 Å². The predicted molar refractivity (Wildman–Crippen MR) is 86.6 cm³/mol. The van der Waals surface area contributed by atoms with Crippen LogP contribution < -0.4 is 11.1 Å². The van der Waals surface area contributed by atoms with E-state index in [1.165, 1.54) is 11.3 Å². The minimum atomic E-state index is -0.754. The summed E-state index contributed by atoms with van der Waals surface area (Å²) in [6.07, 6.45) is 0. The number of rotatable bonds is 3. The predicted octanol–water partition coefficient (Wildman–Crippen LogP) is 3.59. The molecule has 0 spiro atoms. The van der Waals surface area contributed by atoms with E-state index >= 15 is 0 Å². The fraction of sp³-hybridized carbons (Fsp3) is 0.0667. The highest BCUT2D eigenvalue weighted by Crippen LogP contribution is 2.32. The molecule has 0 radical (unpaired) electrons. The lowest BCUT2D eigenvalue weighted by Gasteiger charge is -2.13. The minimum absolute atomic E-state index is 0.316. The van der Waals surface area contributed by atoms with Crippen molar-refractivity contribution in [2.45, 2.75) is 6.04 Å². The Morgan fingerprint density at radius 1 is 1.24 bits per heavy atom. The van der Waals surface area contributed by atoms with E-state index in [9.17, 15) is 4.79 Å². The number of thiazole rings is 1. The molecule has 0 fully saturated rings. The summed E-state index contributed by atoms with van der Waals surface area (Å²) in [6, 6.07) is 12.1. The molecule has 106 valence electrons. The fourth-order valence-corrected chi connectivity index (χ4v) is 2.92. The summed E-state index contributed by atoms with van der Waals surface area (Å²) >= 11 is 7.65. The molecule has 21 heavy (non-hydrogen) atoms. The number of anilines is 1. The summed E-state index contributed by atoms with van der Waals surface area (Å²) in [5, 5.41) is 3.23. The number of fused-ring (bicyclic) bond motifs is 1. The number of halogens is 1. The van der Waals surface area contributed by atoms with E-state index in [1.807, 2.05) is 36.4 Å². The Labute approximate surface area is 130 Å². The van der Waals surface area contributed by atoms with E-state index in [-0.39, 0.29) is 5.91 Å². The number of hydrogen-bond acceptors (Lipinski definition) is 4. The molecule has 3 N–H and O–H groups in total. The van der Waals surface area contributed by atoms with Gasteiger partial charge in [0.25, 0.3) is 0 Å². The molecule has 0 aliphatic carbocycles. The number of carbonyl (C=O) groups is 1. The SMILES string of the molecule is NC(C(=O)Nc1c(Cl)ccc2scnc12)c1ccccc1. The highest BCUT2D eigenvalue weighted by atomic mass is 35.5. The number of nitrogens with two attached hydrogens (primary N) is 1. The van der Waals surface area contributed by atoms with E-state index in [1.54, 1.807) is 11.6 Å². The molecule has 1 aromatic heterocycles. The Morgan fingerprint density at radius 2 is 2.00 bits per heavy atom. The normalized spacial score (nSPS) is 12.3. The average Bonchev–Trinajstić information content (AvgIpc) is 2.99. The quantitative estimate of drug-likeness (QED) is 0.775. The molecule has 4 nitrogen and oxygen atoms in total. The molecule has 0 bridgehead atoms. The van der Waals surface area contributed by atoms with Crippen LogP contribution in [0.5, 0.6) is 0 Å². The van der Waals surface area contributed by atoms with Gasteiger partial charge in [-0.1, -0.05) is 41.9 Å². The molecule has 1 heterocycles. The standard InChI is InChI=1S/C15H12ClN3OS/c16-10-6-7-11-14(18-8-21-11)13(10)19-15(20)12(17)9-4-2-1-3-5-9/h1-8,12H,17H2,(H,19,20). The molecule has 0 saturated carbocycles. The highest BCUT2D eigenvalue weighted by Gasteiger charge is 2.18. The maximum atomic E-state index is 12.3. The number of amides is 1. The van der Waals surface area contributed by atoms with Crippen LogP contribution in [0, 0.1) is 0 Å². The van der Waals surface area contributed by atoms with E-state index in [2.05, 4.69) is 10.3 Å². The summed E-state index contributed by atoms with van der Waals surface area (Å²) in [4.78, 5) is 16.6. The van der Waals surface area contributed by atoms with Crippen LogP contribution in [0.15, 0.2) is 48.0 Å². The maximum absolute atomic E-state index is 12.3. The van der Waals surface area contributed by atoms with Crippen molar-refractivity contribution >= 4 is 44.7 Å². The van der Waals surface area contributed by atoms with Crippen molar-refractivity contribution < 1.29 is 4.79 Å². The largest absolute Gasteiger partial charge is 0.321 e. The van der Waals surface area contributed by atoms with Gasteiger partial charge in [0, 0.05) is 0 Å². The van der Waals surface area contributed by atoms with Gasteiger partial charge in [-0.15, -0.1) is 11.3 Å². The number of nitrogens with zero attached hydrogens (tertiary/aromatic N) is 1. The number of carbonyl (C=O) groups excluding carboxylic acids is 1. The maximum Gasteiger partial charge on any atom is 0.245 e. The Bertz CT molecular complexity index is 788. The Morgan fingerprint density at radius 3 is 2.76 bits per heavy atom. The second-order valence-corrected chi connectivity index (χ2v) is 5.79. The molecule has 2 aromatic carbocycles. The first-order chi connectivity index (χ1) is 10.2. The summed E-state index contributed by atoms with van der Waals surface area (Å²) in [5.74, 6) is -0.316. The van der Waals surface area contributed by atoms with Crippen molar-refractivity contribution in [2.24, 2.45) is 5.73 Å². The number of aromatic nitrogens is 1. The first kappa shape index (κ1) is 14.0. The first-order valence-corrected chi connectivity index (χ1v) is 7.55. The first-order valence-electron chi connectivity index (χ1n) is 6.30. The van der Waals surface area contributed by atoms with Gasteiger partial charge in [0.2, 0.25) is 5.91 Å². The monoisotopic (exact) mass is 317 g/mol. The van der Waals surface area contributed by atoms with Gasteiger partial charge in [-0.25, -0.2) is 4.98 Å². The van der Waals surface area contributed by atoms with Gasteiger partial charge in [0.1, 0.15) is 11.6 Å². The third kappa shape index (κ3) is 2.76. The third-order valence-electron chi connectivity index (χ3n) is 3.14.